The minimum atomic E-state index is -0.144. The molecule has 0 aromatic carbocycles. The molecule has 14 heavy (non-hydrogen) atoms. The highest BCUT2D eigenvalue weighted by Crippen LogP contribution is 2.19. The molecule has 0 spiro atoms. The number of hydrazine groups is 1. The van der Waals surface area contributed by atoms with Crippen LogP contribution >= 0.6 is 11.6 Å². The third-order valence-corrected chi connectivity index (χ3v) is 1.97. The first-order chi connectivity index (χ1) is 6.77. The maximum atomic E-state index is 5.65. The molecule has 0 fully saturated rings. The second kappa shape index (κ2) is 6.03. The van der Waals surface area contributed by atoms with Gasteiger partial charge in [-0.25, -0.2) is 5.43 Å². The average Bonchev–Trinajstić information content (AvgIpc) is 2.60. The van der Waals surface area contributed by atoms with E-state index in [-0.39, 0.29) is 6.04 Å². The van der Waals surface area contributed by atoms with Gasteiger partial charge in [-0.15, -0.1) is 0 Å². The predicted molar refractivity (Wildman–Crippen MR) is 54.9 cm³/mol. The van der Waals surface area contributed by atoms with Crippen molar-refractivity contribution in [1.82, 2.24) is 5.43 Å². The Morgan fingerprint density at radius 1 is 1.64 bits per heavy atom. The summed E-state index contributed by atoms with van der Waals surface area (Å²) in [5, 5.41) is 0.357. The number of rotatable bonds is 6. The number of ether oxygens (including phenoxy) is 1. The number of nitrogens with two attached hydrogens (primary N) is 1. The lowest BCUT2D eigenvalue weighted by atomic mass is 10.2. The maximum absolute atomic E-state index is 5.65. The van der Waals surface area contributed by atoms with Gasteiger partial charge in [0.1, 0.15) is 11.8 Å². The van der Waals surface area contributed by atoms with Crippen LogP contribution in [0.5, 0.6) is 0 Å². The van der Waals surface area contributed by atoms with Crippen LogP contribution in [0.4, 0.5) is 0 Å². The van der Waals surface area contributed by atoms with Gasteiger partial charge in [0.25, 0.3) is 0 Å². The van der Waals surface area contributed by atoms with Crippen molar-refractivity contribution in [3.63, 3.8) is 0 Å². The quantitative estimate of drug-likeness (QED) is 0.435. The maximum Gasteiger partial charge on any atom is 0.193 e. The molecule has 0 aliphatic rings. The van der Waals surface area contributed by atoms with E-state index in [0.717, 1.165) is 6.42 Å². The lowest BCUT2D eigenvalue weighted by Crippen LogP contribution is -2.31. The molecule has 4 nitrogen and oxygen atoms in total. The lowest BCUT2D eigenvalue weighted by Gasteiger charge is -2.12. The van der Waals surface area contributed by atoms with E-state index >= 15 is 0 Å². The number of halogens is 1. The summed E-state index contributed by atoms with van der Waals surface area (Å²) in [7, 11) is 0. The van der Waals surface area contributed by atoms with Crippen LogP contribution in [0.15, 0.2) is 16.5 Å². The van der Waals surface area contributed by atoms with Crippen LogP contribution < -0.4 is 11.3 Å². The molecule has 0 aliphatic carbocycles. The van der Waals surface area contributed by atoms with Crippen LogP contribution in [-0.2, 0) is 4.74 Å². The highest BCUT2D eigenvalue weighted by Gasteiger charge is 2.13. The topological polar surface area (TPSA) is 60.4 Å². The molecule has 3 N–H and O–H groups in total. The van der Waals surface area contributed by atoms with Crippen molar-refractivity contribution in [3.8, 4) is 0 Å². The van der Waals surface area contributed by atoms with E-state index < -0.39 is 0 Å². The van der Waals surface area contributed by atoms with Crippen LogP contribution in [0.3, 0.4) is 0 Å². The minimum Gasteiger partial charge on any atom is -0.448 e. The summed E-state index contributed by atoms with van der Waals surface area (Å²) in [4.78, 5) is 0. The standard InChI is InChI=1S/C9H15ClN2O2/c1-2-5-13-6-7(12-11)8-3-4-9(10)14-8/h3-4,7,12H,2,5-6,11H2,1H3. The summed E-state index contributed by atoms with van der Waals surface area (Å²) in [5.41, 5.74) is 2.61. The van der Waals surface area contributed by atoms with Crippen LogP contribution in [0, 0.1) is 0 Å². The van der Waals surface area contributed by atoms with Gasteiger partial charge in [-0.2, -0.15) is 0 Å². The average molecular weight is 219 g/mol. The number of hydrogen-bond donors (Lipinski definition) is 2. The van der Waals surface area contributed by atoms with Crippen molar-refractivity contribution in [3.05, 3.63) is 23.1 Å². The van der Waals surface area contributed by atoms with Crippen molar-refractivity contribution in [2.45, 2.75) is 19.4 Å². The fourth-order valence-electron chi connectivity index (χ4n) is 1.07. The highest BCUT2D eigenvalue weighted by atomic mass is 35.5. The van der Waals surface area contributed by atoms with Gasteiger partial charge >= 0.3 is 0 Å². The van der Waals surface area contributed by atoms with Crippen LogP contribution in [0.1, 0.15) is 25.1 Å². The molecule has 1 atom stereocenters. The van der Waals surface area contributed by atoms with E-state index in [4.69, 9.17) is 26.6 Å². The van der Waals surface area contributed by atoms with Gasteiger partial charge in [-0.3, -0.25) is 5.84 Å². The molecule has 0 bridgehead atoms. The minimum absolute atomic E-state index is 0.144. The second-order valence-corrected chi connectivity index (χ2v) is 3.31. The van der Waals surface area contributed by atoms with E-state index in [1.807, 2.05) is 0 Å². The Labute approximate surface area is 88.3 Å². The van der Waals surface area contributed by atoms with Gasteiger partial charge in [0, 0.05) is 6.61 Å². The third kappa shape index (κ3) is 3.31. The van der Waals surface area contributed by atoms with Gasteiger partial charge in [0.15, 0.2) is 5.22 Å². The zero-order valence-electron chi connectivity index (χ0n) is 8.13. The molecule has 0 saturated carbocycles. The first-order valence-electron chi connectivity index (χ1n) is 4.57. The summed E-state index contributed by atoms with van der Waals surface area (Å²) in [6.07, 6.45) is 0.982. The largest absolute Gasteiger partial charge is 0.448 e. The molecule has 0 aliphatic heterocycles. The van der Waals surface area contributed by atoms with Gasteiger partial charge < -0.3 is 9.15 Å². The molecule has 1 aromatic heterocycles. The highest BCUT2D eigenvalue weighted by molar-refractivity contribution is 6.28. The van der Waals surface area contributed by atoms with Gasteiger partial charge in [-0.05, 0) is 30.2 Å². The Balaban J connectivity index is 2.45. The fraction of sp³-hybridized carbons (Fsp3) is 0.556. The van der Waals surface area contributed by atoms with Crippen molar-refractivity contribution in [2.24, 2.45) is 5.84 Å². The molecule has 1 aromatic rings. The van der Waals surface area contributed by atoms with Crippen LogP contribution in [-0.4, -0.2) is 13.2 Å². The van der Waals surface area contributed by atoms with Crippen LogP contribution in [0.2, 0.25) is 5.22 Å². The smallest absolute Gasteiger partial charge is 0.193 e. The zero-order valence-corrected chi connectivity index (χ0v) is 8.88. The Hall–Kier alpha value is -0.550. The molecular formula is C9H15ClN2O2. The van der Waals surface area contributed by atoms with Crippen molar-refractivity contribution >= 4 is 11.6 Å². The summed E-state index contributed by atoms with van der Waals surface area (Å²) < 4.78 is 10.6. The normalized spacial score (nSPS) is 13.1. The van der Waals surface area contributed by atoms with E-state index in [2.05, 4.69) is 12.3 Å². The predicted octanol–water partition coefficient (Wildman–Crippen LogP) is 1.86. The molecule has 1 unspecified atom stereocenters. The third-order valence-electron chi connectivity index (χ3n) is 1.77. The number of nitrogens with one attached hydrogen (secondary N) is 1. The molecule has 5 heteroatoms. The monoisotopic (exact) mass is 218 g/mol. The van der Waals surface area contributed by atoms with Gasteiger partial charge in [0.05, 0.1) is 6.61 Å². The van der Waals surface area contributed by atoms with E-state index in [9.17, 15) is 0 Å². The van der Waals surface area contributed by atoms with Crippen LogP contribution in [0.25, 0.3) is 0 Å². The SMILES string of the molecule is CCCOCC(NN)c1ccc(Cl)o1. The van der Waals surface area contributed by atoms with E-state index in [0.29, 0.717) is 24.2 Å². The first kappa shape index (κ1) is 11.5. The Kier molecular flexibility index (Phi) is 4.97. The Morgan fingerprint density at radius 3 is 2.93 bits per heavy atom. The summed E-state index contributed by atoms with van der Waals surface area (Å²) in [6.45, 7) is 3.25. The fourth-order valence-corrected chi connectivity index (χ4v) is 1.23. The second-order valence-electron chi connectivity index (χ2n) is 2.94. The Morgan fingerprint density at radius 2 is 2.43 bits per heavy atom. The lowest BCUT2D eigenvalue weighted by molar-refractivity contribution is 0.106. The van der Waals surface area contributed by atoms with Gasteiger partial charge in [-0.1, -0.05) is 6.92 Å². The molecule has 0 amide bonds. The summed E-state index contributed by atoms with van der Waals surface area (Å²) >= 11 is 5.65. The van der Waals surface area contributed by atoms with Crippen molar-refractivity contribution in [1.29, 1.82) is 0 Å². The van der Waals surface area contributed by atoms with E-state index in [1.165, 1.54) is 0 Å². The summed E-state index contributed by atoms with van der Waals surface area (Å²) in [6, 6.07) is 3.32. The van der Waals surface area contributed by atoms with Crippen molar-refractivity contribution < 1.29 is 9.15 Å². The molecule has 1 rings (SSSR count). The number of furan rings is 1. The number of hydrogen-bond acceptors (Lipinski definition) is 4. The molecule has 0 radical (unpaired) electrons. The zero-order chi connectivity index (χ0) is 10.4. The summed E-state index contributed by atoms with van der Waals surface area (Å²) in [5.74, 6) is 6.05. The van der Waals surface area contributed by atoms with E-state index in [1.54, 1.807) is 12.1 Å². The van der Waals surface area contributed by atoms with Gasteiger partial charge in [0.2, 0.25) is 0 Å². The molecule has 80 valence electrons. The Bertz CT molecular complexity index is 265. The first-order valence-corrected chi connectivity index (χ1v) is 4.94. The molecular weight excluding hydrogens is 204 g/mol. The molecule has 1 heterocycles. The van der Waals surface area contributed by atoms with Crippen molar-refractivity contribution in [2.75, 3.05) is 13.2 Å². The molecule has 0 saturated heterocycles.